The van der Waals surface area contributed by atoms with Crippen molar-refractivity contribution < 1.29 is 0 Å². The number of nitrogens with zero attached hydrogens (tertiary/aromatic N) is 3. The van der Waals surface area contributed by atoms with Gasteiger partial charge in [0.05, 0.1) is 5.69 Å². The van der Waals surface area contributed by atoms with Crippen LogP contribution in [-0.2, 0) is 0 Å². The highest BCUT2D eigenvalue weighted by Crippen LogP contribution is 2.51. The van der Waals surface area contributed by atoms with Crippen LogP contribution < -0.4 is 4.90 Å². The molecule has 6 aromatic carbocycles. The molecule has 0 bridgehead atoms. The number of hydrogen-bond acceptors (Lipinski definition) is 3. The number of hydrogen-bond donors (Lipinski definition) is 0. The Morgan fingerprint density at radius 3 is 1.88 bits per heavy atom. The lowest BCUT2D eigenvalue weighted by molar-refractivity contribution is 1.11. The van der Waals surface area contributed by atoms with Gasteiger partial charge in [0.15, 0.2) is 0 Å². The topological polar surface area (TPSA) is 29.0 Å². The van der Waals surface area contributed by atoms with Crippen molar-refractivity contribution in [2.45, 2.75) is 0 Å². The van der Waals surface area contributed by atoms with Crippen molar-refractivity contribution in [2.75, 3.05) is 4.90 Å². The van der Waals surface area contributed by atoms with Crippen LogP contribution in [0.15, 0.2) is 152 Å². The van der Waals surface area contributed by atoms with Gasteiger partial charge < -0.3 is 0 Å². The molecule has 0 saturated heterocycles. The first-order valence-corrected chi connectivity index (χ1v) is 13.8. The normalized spacial score (nSPS) is 11.9. The quantitative estimate of drug-likeness (QED) is 0.230. The van der Waals surface area contributed by atoms with E-state index in [0.717, 1.165) is 33.9 Å². The second-order valence-electron chi connectivity index (χ2n) is 10.4. The summed E-state index contributed by atoms with van der Waals surface area (Å²) in [5.41, 5.74) is 11.5. The van der Waals surface area contributed by atoms with Crippen molar-refractivity contribution in [1.82, 2.24) is 9.97 Å². The molecule has 0 saturated carbocycles. The Morgan fingerprint density at radius 2 is 1.10 bits per heavy atom. The number of benzene rings is 6. The zero-order chi connectivity index (χ0) is 27.2. The lowest BCUT2D eigenvalue weighted by atomic mass is 9.89. The van der Waals surface area contributed by atoms with E-state index in [2.05, 4.69) is 149 Å². The van der Waals surface area contributed by atoms with Gasteiger partial charge in [-0.25, -0.2) is 9.97 Å². The zero-order valence-corrected chi connectivity index (χ0v) is 22.3. The molecule has 0 amide bonds. The van der Waals surface area contributed by atoms with Gasteiger partial charge in [-0.1, -0.05) is 103 Å². The SMILES string of the molecule is c1ccc(-c2cccc(-c3cccc(N4c5ncncc5-c5cc(-c6ccccc6)cc6cccc4c56)c3)c2)cc1. The van der Waals surface area contributed by atoms with E-state index in [1.807, 2.05) is 6.20 Å². The van der Waals surface area contributed by atoms with Gasteiger partial charge in [-0.15, -0.1) is 0 Å². The lowest BCUT2D eigenvalue weighted by Gasteiger charge is -2.32. The highest BCUT2D eigenvalue weighted by atomic mass is 15.2. The van der Waals surface area contributed by atoms with Gasteiger partial charge in [-0.05, 0) is 80.7 Å². The van der Waals surface area contributed by atoms with Crippen molar-refractivity contribution in [2.24, 2.45) is 0 Å². The van der Waals surface area contributed by atoms with E-state index in [-0.39, 0.29) is 0 Å². The molecule has 0 radical (unpaired) electrons. The third kappa shape index (κ3) is 3.98. The first-order chi connectivity index (χ1) is 20.3. The van der Waals surface area contributed by atoms with Crippen LogP contribution in [0.4, 0.5) is 17.2 Å². The fraction of sp³-hybridized carbons (Fsp3) is 0. The molecule has 2 heterocycles. The van der Waals surface area contributed by atoms with E-state index in [4.69, 9.17) is 4.98 Å². The van der Waals surface area contributed by atoms with Crippen LogP contribution in [0, 0.1) is 0 Å². The summed E-state index contributed by atoms with van der Waals surface area (Å²) in [4.78, 5) is 11.6. The lowest BCUT2D eigenvalue weighted by Crippen LogP contribution is -2.16. The highest BCUT2D eigenvalue weighted by molar-refractivity contribution is 6.14. The Morgan fingerprint density at radius 1 is 0.463 bits per heavy atom. The summed E-state index contributed by atoms with van der Waals surface area (Å²) in [5, 5.41) is 2.41. The van der Waals surface area contributed by atoms with Crippen molar-refractivity contribution in [3.63, 3.8) is 0 Å². The van der Waals surface area contributed by atoms with E-state index >= 15 is 0 Å². The fourth-order valence-electron chi connectivity index (χ4n) is 6.00. The molecule has 1 aliphatic heterocycles. The fourth-order valence-corrected chi connectivity index (χ4v) is 6.00. The third-order valence-electron chi connectivity index (χ3n) is 7.90. The van der Waals surface area contributed by atoms with Gasteiger partial charge in [-0.2, -0.15) is 0 Å². The molecule has 0 N–H and O–H groups in total. The molecular formula is C38H25N3. The minimum Gasteiger partial charge on any atom is -0.294 e. The molecule has 8 rings (SSSR count). The van der Waals surface area contributed by atoms with Gasteiger partial charge in [0, 0.05) is 22.8 Å². The van der Waals surface area contributed by atoms with E-state index in [9.17, 15) is 0 Å². The summed E-state index contributed by atoms with van der Waals surface area (Å²) < 4.78 is 0. The van der Waals surface area contributed by atoms with Crippen LogP contribution in [-0.4, -0.2) is 9.97 Å². The molecule has 0 atom stereocenters. The Labute approximate surface area is 239 Å². The van der Waals surface area contributed by atoms with Gasteiger partial charge in [0.1, 0.15) is 12.1 Å². The monoisotopic (exact) mass is 523 g/mol. The number of rotatable bonds is 4. The minimum absolute atomic E-state index is 0.889. The van der Waals surface area contributed by atoms with Crippen molar-refractivity contribution in [1.29, 1.82) is 0 Å². The third-order valence-corrected chi connectivity index (χ3v) is 7.90. The average molecular weight is 524 g/mol. The average Bonchev–Trinajstić information content (AvgIpc) is 3.06. The van der Waals surface area contributed by atoms with Crippen molar-refractivity contribution in [3.8, 4) is 44.5 Å². The molecule has 0 fully saturated rings. The minimum atomic E-state index is 0.889. The van der Waals surface area contributed by atoms with E-state index < -0.39 is 0 Å². The second-order valence-corrected chi connectivity index (χ2v) is 10.4. The first-order valence-electron chi connectivity index (χ1n) is 13.8. The molecule has 0 aliphatic carbocycles. The summed E-state index contributed by atoms with van der Waals surface area (Å²) in [6.45, 7) is 0. The summed E-state index contributed by atoms with van der Waals surface area (Å²) >= 11 is 0. The molecule has 7 aromatic rings. The first kappa shape index (κ1) is 23.4. The Balaban J connectivity index is 1.30. The van der Waals surface area contributed by atoms with Crippen molar-refractivity contribution >= 4 is 28.0 Å². The van der Waals surface area contributed by atoms with Crippen LogP contribution in [0.25, 0.3) is 55.3 Å². The van der Waals surface area contributed by atoms with E-state index in [1.54, 1.807) is 6.33 Å². The standard InChI is InChI=1S/C38H25N3/c1-3-10-26(11-4-1)28-14-7-15-29(20-28)30-16-8-18-33(22-30)41-36-19-9-17-31-21-32(27-12-5-2-6-13-27)23-34(37(31)36)35-24-39-25-40-38(35)41/h1-25H. The van der Waals surface area contributed by atoms with Gasteiger partial charge in [-0.3, -0.25) is 4.90 Å². The van der Waals surface area contributed by atoms with Crippen molar-refractivity contribution in [3.05, 3.63) is 152 Å². The molecule has 0 spiro atoms. The van der Waals surface area contributed by atoms with Gasteiger partial charge in [0.2, 0.25) is 0 Å². The largest absolute Gasteiger partial charge is 0.294 e. The van der Waals surface area contributed by atoms with Crippen LogP contribution in [0.3, 0.4) is 0 Å². The summed E-state index contributed by atoms with van der Waals surface area (Å²) in [6.07, 6.45) is 3.59. The highest BCUT2D eigenvalue weighted by Gasteiger charge is 2.28. The Kier molecular flexibility index (Phi) is 5.46. The number of anilines is 3. The Hall–Kier alpha value is -5.54. The zero-order valence-electron chi connectivity index (χ0n) is 22.3. The van der Waals surface area contributed by atoms with Crippen LogP contribution in [0.1, 0.15) is 0 Å². The van der Waals surface area contributed by atoms with Gasteiger partial charge in [0.25, 0.3) is 0 Å². The molecule has 0 unspecified atom stereocenters. The molecule has 3 heteroatoms. The predicted molar refractivity (Wildman–Crippen MR) is 170 cm³/mol. The van der Waals surface area contributed by atoms with Crippen LogP contribution in [0.2, 0.25) is 0 Å². The van der Waals surface area contributed by atoms with E-state index in [0.29, 0.717) is 0 Å². The second kappa shape index (κ2) is 9.58. The maximum atomic E-state index is 4.84. The Bertz CT molecular complexity index is 2050. The van der Waals surface area contributed by atoms with Crippen LogP contribution in [0.5, 0.6) is 0 Å². The number of aromatic nitrogens is 2. The summed E-state index contributed by atoms with van der Waals surface area (Å²) in [6, 6.07) is 49.7. The summed E-state index contributed by atoms with van der Waals surface area (Å²) in [5.74, 6) is 0.889. The molecule has 3 nitrogen and oxygen atoms in total. The molecule has 192 valence electrons. The molecular weight excluding hydrogens is 498 g/mol. The van der Waals surface area contributed by atoms with Crippen LogP contribution >= 0.6 is 0 Å². The number of fused-ring (bicyclic) bond motifs is 2. The molecule has 1 aliphatic rings. The maximum absolute atomic E-state index is 4.84. The maximum Gasteiger partial charge on any atom is 0.148 e. The summed E-state index contributed by atoms with van der Waals surface area (Å²) in [7, 11) is 0. The smallest absolute Gasteiger partial charge is 0.148 e. The molecule has 1 aromatic heterocycles. The van der Waals surface area contributed by atoms with Gasteiger partial charge >= 0.3 is 0 Å². The molecule has 41 heavy (non-hydrogen) atoms. The predicted octanol–water partition coefficient (Wildman–Crippen LogP) is 10.1. The van der Waals surface area contributed by atoms with E-state index in [1.165, 1.54) is 38.6 Å².